The zero-order valence-corrected chi connectivity index (χ0v) is 15.8. The van der Waals surface area contributed by atoms with E-state index in [1.807, 2.05) is 50.4 Å². The Morgan fingerprint density at radius 1 is 1.32 bits per heavy atom. The largest absolute Gasteiger partial charge is 0.493 e. The van der Waals surface area contributed by atoms with E-state index in [0.29, 0.717) is 19.4 Å². The van der Waals surface area contributed by atoms with E-state index in [4.69, 9.17) is 11.2 Å². The molecule has 2 aromatic rings. The molecule has 1 heterocycles. The van der Waals surface area contributed by atoms with Crippen LogP contribution < -0.4 is 10.1 Å². The van der Waals surface area contributed by atoms with Gasteiger partial charge in [-0.1, -0.05) is 31.9 Å². The fraction of sp³-hybridized carbons (Fsp3) is 0.400. The summed E-state index contributed by atoms with van der Waals surface area (Å²) in [5.41, 5.74) is 1.11. The molecule has 5 heteroatoms. The highest BCUT2D eigenvalue weighted by molar-refractivity contribution is 7.13. The molecule has 1 aromatic carbocycles. The van der Waals surface area contributed by atoms with Gasteiger partial charge < -0.3 is 10.1 Å². The average Bonchev–Trinajstić information content (AvgIpc) is 3.08. The van der Waals surface area contributed by atoms with Crippen LogP contribution in [0.15, 0.2) is 29.6 Å². The maximum absolute atomic E-state index is 12.4. The molecule has 1 N–H and O–H groups in total. The Kier molecular flexibility index (Phi) is 6.60. The van der Waals surface area contributed by atoms with Gasteiger partial charge in [-0.05, 0) is 31.9 Å². The molecule has 0 bridgehead atoms. The number of carbonyl (C=O) groups is 1. The monoisotopic (exact) mass is 356 g/mol. The first kappa shape index (κ1) is 19.0. The summed E-state index contributed by atoms with van der Waals surface area (Å²) in [6, 6.07) is 7.79. The summed E-state index contributed by atoms with van der Waals surface area (Å²) in [4.78, 5) is 17.0. The van der Waals surface area contributed by atoms with Crippen LogP contribution in [0.5, 0.6) is 5.75 Å². The number of nitrogens with zero attached hydrogens (tertiary/aromatic N) is 1. The van der Waals surface area contributed by atoms with Crippen LogP contribution in [0.3, 0.4) is 0 Å². The number of benzene rings is 1. The average molecular weight is 356 g/mol. The van der Waals surface area contributed by atoms with E-state index in [2.05, 4.69) is 16.2 Å². The Morgan fingerprint density at radius 2 is 2.04 bits per heavy atom. The highest BCUT2D eigenvalue weighted by Gasteiger charge is 2.25. The summed E-state index contributed by atoms with van der Waals surface area (Å²) in [7, 11) is 0. The second-order valence-corrected chi connectivity index (χ2v) is 6.59. The smallest absolute Gasteiger partial charge is 0.227 e. The van der Waals surface area contributed by atoms with Crippen LogP contribution in [0.1, 0.15) is 39.3 Å². The van der Waals surface area contributed by atoms with Crippen molar-refractivity contribution in [2.75, 3.05) is 6.61 Å². The lowest BCUT2D eigenvalue weighted by molar-refractivity contribution is -0.121. The summed E-state index contributed by atoms with van der Waals surface area (Å²) in [6.45, 7) is 6.51. The van der Waals surface area contributed by atoms with Crippen molar-refractivity contribution >= 4 is 17.2 Å². The van der Waals surface area contributed by atoms with Crippen molar-refractivity contribution < 1.29 is 9.53 Å². The van der Waals surface area contributed by atoms with Crippen LogP contribution in [0.25, 0.3) is 10.6 Å². The van der Waals surface area contributed by atoms with Crippen LogP contribution in [0.4, 0.5) is 0 Å². The van der Waals surface area contributed by atoms with E-state index in [1.54, 1.807) is 0 Å². The topological polar surface area (TPSA) is 51.2 Å². The van der Waals surface area contributed by atoms with Crippen LogP contribution >= 0.6 is 11.3 Å². The van der Waals surface area contributed by atoms with Gasteiger partial charge in [0.25, 0.3) is 0 Å². The van der Waals surface area contributed by atoms with Crippen LogP contribution in [0.2, 0.25) is 0 Å². The highest BCUT2D eigenvalue weighted by Crippen LogP contribution is 2.32. The number of hydrogen-bond acceptors (Lipinski definition) is 4. The Balaban J connectivity index is 2.12. The zero-order chi connectivity index (χ0) is 18.3. The fourth-order valence-corrected chi connectivity index (χ4v) is 3.43. The van der Waals surface area contributed by atoms with Crippen molar-refractivity contribution in [3.63, 3.8) is 0 Å². The number of aromatic nitrogens is 1. The van der Waals surface area contributed by atoms with Gasteiger partial charge in [0.2, 0.25) is 5.91 Å². The van der Waals surface area contributed by atoms with Gasteiger partial charge in [0.15, 0.2) is 0 Å². The van der Waals surface area contributed by atoms with Crippen molar-refractivity contribution in [3.8, 4) is 28.7 Å². The number of ether oxygens (including phenoxy) is 1. The molecule has 0 saturated heterocycles. The molecule has 4 nitrogen and oxygen atoms in total. The number of thiazole rings is 1. The molecule has 25 heavy (non-hydrogen) atoms. The first-order valence-corrected chi connectivity index (χ1v) is 9.40. The normalized spacial score (nSPS) is 11.0. The number of nitrogens with one attached hydrogen (secondary N) is 1. The number of carbonyl (C=O) groups excluding carboxylic acids is 1. The molecular formula is C20H24N2O2S. The van der Waals surface area contributed by atoms with Gasteiger partial charge in [0.1, 0.15) is 16.3 Å². The van der Waals surface area contributed by atoms with Gasteiger partial charge in [-0.15, -0.1) is 17.8 Å². The highest BCUT2D eigenvalue weighted by atomic mass is 32.1. The Labute approximate surface area is 153 Å². The van der Waals surface area contributed by atoms with E-state index in [-0.39, 0.29) is 12.3 Å². The zero-order valence-electron chi connectivity index (χ0n) is 15.0. The van der Waals surface area contributed by atoms with E-state index in [0.717, 1.165) is 22.0 Å². The van der Waals surface area contributed by atoms with Crippen molar-refractivity contribution in [1.82, 2.24) is 10.3 Å². The third-order valence-electron chi connectivity index (χ3n) is 4.17. The Morgan fingerprint density at radius 3 is 2.68 bits per heavy atom. The lowest BCUT2D eigenvalue weighted by atomic mass is 9.93. The molecule has 0 aliphatic heterocycles. The number of rotatable bonds is 8. The third kappa shape index (κ3) is 4.61. The second-order valence-electron chi connectivity index (χ2n) is 5.73. The molecular weight excluding hydrogens is 332 g/mol. The van der Waals surface area contributed by atoms with Gasteiger partial charge in [-0.25, -0.2) is 4.98 Å². The summed E-state index contributed by atoms with van der Waals surface area (Å²) in [5.74, 6) is 3.42. The molecule has 0 fully saturated rings. The molecule has 1 aromatic heterocycles. The van der Waals surface area contributed by atoms with E-state index in [9.17, 15) is 4.79 Å². The molecule has 0 unspecified atom stereocenters. The minimum absolute atomic E-state index is 0.100. The van der Waals surface area contributed by atoms with E-state index in [1.165, 1.54) is 11.3 Å². The van der Waals surface area contributed by atoms with Gasteiger partial charge in [-0.2, -0.15) is 0 Å². The Hall–Kier alpha value is -2.32. The molecule has 1 amide bonds. The predicted octanol–water partition coefficient (Wildman–Crippen LogP) is 4.06. The quantitative estimate of drug-likeness (QED) is 0.726. The first-order chi connectivity index (χ1) is 12.1. The first-order valence-electron chi connectivity index (χ1n) is 8.52. The van der Waals surface area contributed by atoms with Gasteiger partial charge in [-0.3, -0.25) is 4.79 Å². The van der Waals surface area contributed by atoms with Crippen molar-refractivity contribution in [3.05, 3.63) is 35.3 Å². The Bertz CT molecular complexity index is 757. The number of terminal acetylenes is 1. The lowest BCUT2D eigenvalue weighted by Gasteiger charge is -2.26. The van der Waals surface area contributed by atoms with Crippen LogP contribution in [0, 0.1) is 12.3 Å². The number of hydrogen-bond donors (Lipinski definition) is 1. The summed E-state index contributed by atoms with van der Waals surface area (Å²) in [6.07, 6.45) is 7.23. The molecule has 0 aliphatic carbocycles. The molecule has 0 radical (unpaired) electrons. The SMILES string of the molecule is C#CC(CC)(CC)NC(=O)Cc1csc(-c2ccccc2OCC)n1. The van der Waals surface area contributed by atoms with E-state index < -0.39 is 5.54 Å². The number of para-hydroxylation sites is 1. The molecule has 0 atom stereocenters. The van der Waals surface area contributed by atoms with E-state index >= 15 is 0 Å². The third-order valence-corrected chi connectivity index (χ3v) is 5.10. The summed E-state index contributed by atoms with van der Waals surface area (Å²) >= 11 is 1.51. The molecule has 2 rings (SSSR count). The summed E-state index contributed by atoms with van der Waals surface area (Å²) in [5, 5.41) is 5.73. The van der Waals surface area contributed by atoms with Gasteiger partial charge in [0, 0.05) is 5.38 Å². The minimum Gasteiger partial charge on any atom is -0.493 e. The molecule has 0 saturated carbocycles. The maximum Gasteiger partial charge on any atom is 0.227 e. The van der Waals surface area contributed by atoms with Gasteiger partial charge in [0.05, 0.1) is 24.3 Å². The van der Waals surface area contributed by atoms with Crippen molar-refractivity contribution in [2.45, 2.75) is 45.6 Å². The number of amides is 1. The summed E-state index contributed by atoms with van der Waals surface area (Å²) < 4.78 is 5.66. The van der Waals surface area contributed by atoms with Crippen LogP contribution in [-0.4, -0.2) is 23.0 Å². The predicted molar refractivity (Wildman–Crippen MR) is 103 cm³/mol. The lowest BCUT2D eigenvalue weighted by Crippen LogP contribution is -2.47. The molecule has 0 spiro atoms. The fourth-order valence-electron chi connectivity index (χ4n) is 2.58. The van der Waals surface area contributed by atoms with Crippen molar-refractivity contribution in [2.24, 2.45) is 0 Å². The minimum atomic E-state index is -0.572. The molecule has 132 valence electrons. The van der Waals surface area contributed by atoms with Gasteiger partial charge >= 0.3 is 0 Å². The maximum atomic E-state index is 12.4. The standard InChI is InChI=1S/C20H24N2O2S/c1-5-20(6-2,7-3)22-18(23)13-15-14-25-19(21-15)16-11-9-10-12-17(16)24-8-4/h1,9-12,14H,6-8,13H2,2-4H3,(H,22,23). The molecule has 0 aliphatic rings. The van der Waals surface area contributed by atoms with Crippen LogP contribution in [-0.2, 0) is 11.2 Å². The second kappa shape index (κ2) is 8.68. The van der Waals surface area contributed by atoms with Crippen molar-refractivity contribution in [1.29, 1.82) is 0 Å².